The van der Waals surface area contributed by atoms with Crippen molar-refractivity contribution in [3.05, 3.63) is 0 Å². The second kappa shape index (κ2) is 6.08. The van der Waals surface area contributed by atoms with Crippen LogP contribution in [-0.4, -0.2) is 29.2 Å². The summed E-state index contributed by atoms with van der Waals surface area (Å²) in [5.41, 5.74) is 5.57. The minimum atomic E-state index is -0.363. The fourth-order valence-electron chi connectivity index (χ4n) is 1.92. The molecule has 3 unspecified atom stereocenters. The van der Waals surface area contributed by atoms with Gasteiger partial charge < -0.3 is 16.2 Å². The highest BCUT2D eigenvalue weighted by molar-refractivity contribution is 5.76. The number of amides is 1. The summed E-state index contributed by atoms with van der Waals surface area (Å²) in [5, 5.41) is 12.5. The summed E-state index contributed by atoms with van der Waals surface area (Å²) in [6.45, 7) is 1.89. The normalized spacial score (nSPS) is 28.5. The molecule has 1 saturated carbocycles. The van der Waals surface area contributed by atoms with Crippen LogP contribution < -0.4 is 11.1 Å². The average Bonchev–Trinajstić information content (AvgIpc) is 2.18. The van der Waals surface area contributed by atoms with E-state index >= 15 is 0 Å². The zero-order valence-corrected chi connectivity index (χ0v) is 9.41. The maximum absolute atomic E-state index is 11.5. The molecule has 0 radical (unpaired) electrons. The Bertz CT molecular complexity index is 207. The highest BCUT2D eigenvalue weighted by atomic mass is 16.3. The number of aliphatic hydroxyl groups excluding tert-OH is 1. The molecule has 15 heavy (non-hydrogen) atoms. The summed E-state index contributed by atoms with van der Waals surface area (Å²) in [7, 11) is 0. The van der Waals surface area contributed by atoms with Crippen molar-refractivity contribution < 1.29 is 9.90 Å². The van der Waals surface area contributed by atoms with Crippen LogP contribution in [0.3, 0.4) is 0 Å². The predicted octanol–water partition coefficient (Wildman–Crippen LogP) is 0.533. The standard InChI is InChI=1S/C11H22N2O2/c1-8(12)6-7-11(15)13-9-4-2-3-5-10(9)14/h8-10,14H,2-7,12H2,1H3,(H,13,15). The van der Waals surface area contributed by atoms with Crippen LogP contribution in [0.4, 0.5) is 0 Å². The van der Waals surface area contributed by atoms with Gasteiger partial charge in [0.15, 0.2) is 0 Å². The van der Waals surface area contributed by atoms with Crippen molar-refractivity contribution in [2.75, 3.05) is 0 Å². The van der Waals surface area contributed by atoms with Gasteiger partial charge in [-0.3, -0.25) is 4.79 Å². The quantitative estimate of drug-likeness (QED) is 0.639. The molecule has 0 bridgehead atoms. The van der Waals surface area contributed by atoms with E-state index in [1.54, 1.807) is 0 Å². The maximum Gasteiger partial charge on any atom is 0.220 e. The van der Waals surface area contributed by atoms with E-state index in [0.29, 0.717) is 12.8 Å². The molecular formula is C11H22N2O2. The van der Waals surface area contributed by atoms with Crippen molar-refractivity contribution in [2.45, 2.75) is 63.6 Å². The lowest BCUT2D eigenvalue weighted by molar-refractivity contribution is -0.123. The van der Waals surface area contributed by atoms with Gasteiger partial charge in [-0.05, 0) is 26.2 Å². The number of rotatable bonds is 4. The molecule has 1 fully saturated rings. The highest BCUT2D eigenvalue weighted by Crippen LogP contribution is 2.18. The van der Waals surface area contributed by atoms with Gasteiger partial charge in [0.05, 0.1) is 12.1 Å². The van der Waals surface area contributed by atoms with Crippen molar-refractivity contribution in [3.63, 3.8) is 0 Å². The van der Waals surface area contributed by atoms with Crippen molar-refractivity contribution in [2.24, 2.45) is 5.73 Å². The Morgan fingerprint density at radius 1 is 1.53 bits per heavy atom. The predicted molar refractivity (Wildman–Crippen MR) is 59.3 cm³/mol. The lowest BCUT2D eigenvalue weighted by Gasteiger charge is -2.28. The van der Waals surface area contributed by atoms with Crippen LogP contribution in [0.1, 0.15) is 45.4 Å². The molecule has 1 amide bonds. The first-order chi connectivity index (χ1) is 7.09. The lowest BCUT2D eigenvalue weighted by Crippen LogP contribution is -2.45. The Labute approximate surface area is 91.2 Å². The van der Waals surface area contributed by atoms with E-state index in [2.05, 4.69) is 5.32 Å². The Balaban J connectivity index is 2.24. The van der Waals surface area contributed by atoms with Gasteiger partial charge >= 0.3 is 0 Å². The first-order valence-corrected chi connectivity index (χ1v) is 5.82. The molecule has 4 heteroatoms. The zero-order valence-electron chi connectivity index (χ0n) is 9.41. The number of nitrogens with two attached hydrogens (primary N) is 1. The molecule has 0 aliphatic heterocycles. The molecule has 1 aliphatic rings. The molecular weight excluding hydrogens is 192 g/mol. The second-order valence-corrected chi connectivity index (χ2v) is 4.54. The van der Waals surface area contributed by atoms with E-state index in [-0.39, 0.29) is 24.1 Å². The molecule has 4 nitrogen and oxygen atoms in total. The minimum absolute atomic E-state index is 0.0123. The van der Waals surface area contributed by atoms with Gasteiger partial charge in [-0.15, -0.1) is 0 Å². The van der Waals surface area contributed by atoms with Crippen LogP contribution >= 0.6 is 0 Å². The molecule has 0 saturated heterocycles. The first kappa shape index (κ1) is 12.5. The van der Waals surface area contributed by atoms with E-state index in [0.717, 1.165) is 25.7 Å². The van der Waals surface area contributed by atoms with Crippen molar-refractivity contribution >= 4 is 5.91 Å². The third-order valence-corrected chi connectivity index (χ3v) is 2.90. The van der Waals surface area contributed by atoms with E-state index < -0.39 is 0 Å². The first-order valence-electron chi connectivity index (χ1n) is 5.82. The number of hydrogen-bond acceptors (Lipinski definition) is 3. The molecule has 0 heterocycles. The van der Waals surface area contributed by atoms with Gasteiger partial charge in [0.1, 0.15) is 0 Å². The maximum atomic E-state index is 11.5. The molecule has 4 N–H and O–H groups in total. The molecule has 1 aliphatic carbocycles. The summed E-state index contributed by atoms with van der Waals surface area (Å²) >= 11 is 0. The van der Waals surface area contributed by atoms with Crippen molar-refractivity contribution in [1.82, 2.24) is 5.32 Å². The van der Waals surface area contributed by atoms with Crippen LogP contribution in [0.15, 0.2) is 0 Å². The Morgan fingerprint density at radius 3 is 2.80 bits per heavy atom. The zero-order chi connectivity index (χ0) is 11.3. The number of nitrogens with one attached hydrogen (secondary N) is 1. The van der Waals surface area contributed by atoms with Crippen molar-refractivity contribution in [1.29, 1.82) is 0 Å². The van der Waals surface area contributed by atoms with Crippen LogP contribution in [-0.2, 0) is 4.79 Å². The molecule has 88 valence electrons. The Morgan fingerprint density at radius 2 is 2.20 bits per heavy atom. The van der Waals surface area contributed by atoms with Gasteiger partial charge in [0, 0.05) is 12.5 Å². The third kappa shape index (κ3) is 4.62. The highest BCUT2D eigenvalue weighted by Gasteiger charge is 2.24. The van der Waals surface area contributed by atoms with Crippen LogP contribution in [0.25, 0.3) is 0 Å². The number of carbonyl (C=O) groups is 1. The van der Waals surface area contributed by atoms with E-state index in [1.165, 1.54) is 0 Å². The number of aliphatic hydroxyl groups is 1. The van der Waals surface area contributed by atoms with Crippen LogP contribution in [0.2, 0.25) is 0 Å². The lowest BCUT2D eigenvalue weighted by atomic mass is 9.92. The topological polar surface area (TPSA) is 75.4 Å². The smallest absolute Gasteiger partial charge is 0.220 e. The van der Waals surface area contributed by atoms with E-state index in [4.69, 9.17) is 5.73 Å². The van der Waals surface area contributed by atoms with E-state index in [1.807, 2.05) is 6.92 Å². The summed E-state index contributed by atoms with van der Waals surface area (Å²) in [5.74, 6) is 0.0123. The minimum Gasteiger partial charge on any atom is -0.391 e. The number of carbonyl (C=O) groups excluding carboxylic acids is 1. The molecule has 0 aromatic carbocycles. The SMILES string of the molecule is CC(N)CCC(=O)NC1CCCCC1O. The monoisotopic (exact) mass is 214 g/mol. The Kier molecular flexibility index (Phi) is 5.05. The number of hydrogen-bond donors (Lipinski definition) is 3. The van der Waals surface area contributed by atoms with Gasteiger partial charge in [0.2, 0.25) is 5.91 Å². The van der Waals surface area contributed by atoms with Gasteiger partial charge in [-0.25, -0.2) is 0 Å². The van der Waals surface area contributed by atoms with Crippen LogP contribution in [0, 0.1) is 0 Å². The molecule has 0 aromatic rings. The molecule has 0 aromatic heterocycles. The average molecular weight is 214 g/mol. The largest absolute Gasteiger partial charge is 0.391 e. The fourth-order valence-corrected chi connectivity index (χ4v) is 1.92. The summed E-state index contributed by atoms with van der Waals surface area (Å²) in [4.78, 5) is 11.5. The van der Waals surface area contributed by atoms with Gasteiger partial charge in [-0.2, -0.15) is 0 Å². The second-order valence-electron chi connectivity index (χ2n) is 4.54. The molecule has 1 rings (SSSR count). The molecule has 0 spiro atoms. The van der Waals surface area contributed by atoms with Crippen LogP contribution in [0.5, 0.6) is 0 Å². The summed E-state index contributed by atoms with van der Waals surface area (Å²) in [6.07, 6.45) is 4.65. The summed E-state index contributed by atoms with van der Waals surface area (Å²) < 4.78 is 0. The third-order valence-electron chi connectivity index (χ3n) is 2.90. The van der Waals surface area contributed by atoms with Gasteiger partial charge in [0.25, 0.3) is 0 Å². The van der Waals surface area contributed by atoms with Gasteiger partial charge in [-0.1, -0.05) is 12.8 Å². The van der Waals surface area contributed by atoms with Crippen molar-refractivity contribution in [3.8, 4) is 0 Å². The molecule has 3 atom stereocenters. The van der Waals surface area contributed by atoms with E-state index in [9.17, 15) is 9.90 Å². The fraction of sp³-hybridized carbons (Fsp3) is 0.909. The Hall–Kier alpha value is -0.610. The summed E-state index contributed by atoms with van der Waals surface area (Å²) in [6, 6.07) is 0.0198.